The number of phosphoric acid groups is 1. The molecule has 1 unspecified atom stereocenters. The molecule has 31 heavy (non-hydrogen) atoms. The molecule has 2 saturated heterocycles. The van der Waals surface area contributed by atoms with E-state index in [-0.39, 0.29) is 19.6 Å². The maximum absolute atomic E-state index is 13.6. The summed E-state index contributed by atoms with van der Waals surface area (Å²) >= 11 is 0. The molecule has 0 spiro atoms. The molecule has 0 radical (unpaired) electrons. The van der Waals surface area contributed by atoms with Gasteiger partial charge in [-0.25, -0.2) is 9.36 Å². The van der Waals surface area contributed by atoms with Gasteiger partial charge in [0.05, 0.1) is 19.4 Å². The molecule has 2 aromatic carbocycles. The van der Waals surface area contributed by atoms with Crippen LogP contribution in [-0.4, -0.2) is 28.4 Å². The number of hydrogen-bond donors (Lipinski definition) is 1. The summed E-state index contributed by atoms with van der Waals surface area (Å²) in [7, 11) is -3.87. The summed E-state index contributed by atoms with van der Waals surface area (Å²) in [5.41, 5.74) is -1.09. The van der Waals surface area contributed by atoms with E-state index in [4.69, 9.17) is 18.3 Å². The van der Waals surface area contributed by atoms with Crippen LogP contribution in [0.4, 0.5) is 4.39 Å². The smallest absolute Gasteiger partial charge is 0.349 e. The summed E-state index contributed by atoms with van der Waals surface area (Å²) in [5, 5.41) is 1.99. The summed E-state index contributed by atoms with van der Waals surface area (Å²) in [6, 6.07) is 13.5. The number of nitrogens with zero attached hydrogens (tertiary/aromatic N) is 1. The Hall–Kier alpha value is -2.62. The minimum atomic E-state index is -3.87. The van der Waals surface area contributed by atoms with Gasteiger partial charge in [0.15, 0.2) is 0 Å². The molecule has 4 atom stereocenters. The normalized spacial score (nSPS) is 28.0. The Kier molecular flexibility index (Phi) is 5.11. The maximum atomic E-state index is 13.6. The van der Waals surface area contributed by atoms with Crippen molar-refractivity contribution in [3.8, 4) is 0 Å². The van der Waals surface area contributed by atoms with Crippen LogP contribution in [0.15, 0.2) is 58.3 Å². The highest BCUT2D eigenvalue weighted by Crippen LogP contribution is 2.57. The Morgan fingerprint density at radius 1 is 1.16 bits per heavy atom. The third-order valence-corrected chi connectivity index (χ3v) is 6.77. The number of H-pyrrole nitrogens is 1. The molecule has 11 heteroatoms. The molecule has 3 heterocycles. The Bertz CT molecular complexity index is 1300. The second-order valence-corrected chi connectivity index (χ2v) is 8.93. The lowest BCUT2D eigenvalue weighted by Crippen LogP contribution is -2.34. The molecule has 2 aliphatic rings. The van der Waals surface area contributed by atoms with Gasteiger partial charge in [-0.15, -0.1) is 0 Å². The molecular weight excluding hydrogens is 430 g/mol. The molecule has 0 saturated carbocycles. The largest absolute Gasteiger partial charge is 0.475 e. The van der Waals surface area contributed by atoms with Crippen molar-refractivity contribution in [1.82, 2.24) is 9.55 Å². The number of phosphoric ester groups is 1. The van der Waals surface area contributed by atoms with E-state index >= 15 is 0 Å². The molecule has 1 N–H and O–H groups in total. The highest BCUT2D eigenvalue weighted by molar-refractivity contribution is 7.48. The van der Waals surface area contributed by atoms with Crippen molar-refractivity contribution in [2.75, 3.05) is 6.61 Å². The zero-order valence-corrected chi connectivity index (χ0v) is 17.0. The molecular formula is C20H18FN2O7P. The third-order valence-electron chi connectivity index (χ3n) is 5.33. The average molecular weight is 448 g/mol. The van der Waals surface area contributed by atoms with E-state index in [2.05, 4.69) is 0 Å². The van der Waals surface area contributed by atoms with E-state index in [1.807, 2.05) is 47.4 Å². The van der Waals surface area contributed by atoms with Crippen LogP contribution in [0.1, 0.15) is 18.2 Å². The van der Waals surface area contributed by atoms with Gasteiger partial charge in [-0.3, -0.25) is 27.9 Å². The van der Waals surface area contributed by atoms with Crippen LogP contribution < -0.4 is 11.2 Å². The van der Waals surface area contributed by atoms with Crippen molar-refractivity contribution in [2.24, 2.45) is 0 Å². The number of benzene rings is 2. The van der Waals surface area contributed by atoms with Crippen molar-refractivity contribution in [3.63, 3.8) is 0 Å². The minimum Gasteiger partial charge on any atom is -0.349 e. The van der Waals surface area contributed by atoms with Crippen LogP contribution in [0.25, 0.3) is 10.8 Å². The van der Waals surface area contributed by atoms with E-state index < -0.39 is 43.3 Å². The standard InChI is InChI=1S/C20H18FN2O7P/c21-15-9-23(20(25)22-19(15)24)18-8-16-17(29-18)11-28-31(26,30-16)27-10-13-6-3-5-12-4-1-2-7-14(12)13/h1-7,9,16-18H,8,10-11H2,(H,22,24,25)/t16-,17+,18+,31?/m0/s1. The topological polar surface area (TPSA) is 109 Å². The average Bonchev–Trinajstić information content (AvgIpc) is 3.17. The Morgan fingerprint density at radius 2 is 1.97 bits per heavy atom. The number of rotatable bonds is 4. The molecule has 9 nitrogen and oxygen atoms in total. The van der Waals surface area contributed by atoms with Gasteiger partial charge in [0.1, 0.15) is 18.4 Å². The van der Waals surface area contributed by atoms with Crippen LogP contribution in [0.2, 0.25) is 0 Å². The Labute approximate surface area is 174 Å². The van der Waals surface area contributed by atoms with E-state index in [0.717, 1.165) is 27.1 Å². The second kappa shape index (κ2) is 7.81. The van der Waals surface area contributed by atoms with Crippen molar-refractivity contribution in [1.29, 1.82) is 0 Å². The van der Waals surface area contributed by atoms with E-state index in [1.165, 1.54) is 0 Å². The van der Waals surface area contributed by atoms with Gasteiger partial charge in [0.2, 0.25) is 5.82 Å². The Balaban J connectivity index is 1.30. The number of halogens is 1. The van der Waals surface area contributed by atoms with Gasteiger partial charge >= 0.3 is 13.5 Å². The van der Waals surface area contributed by atoms with E-state index in [9.17, 15) is 18.5 Å². The molecule has 1 aromatic heterocycles. The van der Waals surface area contributed by atoms with Crippen LogP contribution >= 0.6 is 7.82 Å². The summed E-state index contributed by atoms with van der Waals surface area (Å²) in [4.78, 5) is 25.1. The van der Waals surface area contributed by atoms with Gasteiger partial charge in [0, 0.05) is 6.42 Å². The fraction of sp³-hybridized carbons (Fsp3) is 0.300. The van der Waals surface area contributed by atoms with Gasteiger partial charge in [-0.2, -0.15) is 4.39 Å². The third kappa shape index (κ3) is 3.88. The van der Waals surface area contributed by atoms with Crippen molar-refractivity contribution in [3.05, 3.63) is 80.9 Å². The second-order valence-electron chi connectivity index (χ2n) is 7.31. The lowest BCUT2D eigenvalue weighted by Gasteiger charge is -2.29. The van der Waals surface area contributed by atoms with Gasteiger partial charge in [-0.05, 0) is 16.3 Å². The highest BCUT2D eigenvalue weighted by Gasteiger charge is 2.48. The van der Waals surface area contributed by atoms with Crippen LogP contribution in [0.3, 0.4) is 0 Å². The van der Waals surface area contributed by atoms with E-state index in [0.29, 0.717) is 0 Å². The Morgan fingerprint density at radius 3 is 2.84 bits per heavy atom. The molecule has 162 valence electrons. The highest BCUT2D eigenvalue weighted by atomic mass is 31.2. The first-order valence-corrected chi connectivity index (χ1v) is 11.1. The summed E-state index contributed by atoms with van der Waals surface area (Å²) in [5.74, 6) is -1.11. The predicted octanol–water partition coefficient (Wildman–Crippen LogP) is 2.86. The molecule has 0 aliphatic carbocycles. The van der Waals surface area contributed by atoms with Gasteiger partial charge in [0.25, 0.3) is 5.56 Å². The van der Waals surface area contributed by atoms with Crippen LogP contribution in [-0.2, 0) is 29.5 Å². The summed E-state index contributed by atoms with van der Waals surface area (Å²) < 4.78 is 49.7. The number of hydrogen-bond acceptors (Lipinski definition) is 7. The first kappa shape index (κ1) is 20.3. The quantitative estimate of drug-likeness (QED) is 0.612. The fourth-order valence-corrected chi connectivity index (χ4v) is 5.18. The van der Waals surface area contributed by atoms with Gasteiger partial charge in [-0.1, -0.05) is 42.5 Å². The molecule has 0 amide bonds. The SMILES string of the molecule is O=c1[nH]c(=O)n([C@H]2C[C@@H]3OP(=O)(OCc4cccc5ccccc45)OC[C@H]3O2)cc1F. The van der Waals surface area contributed by atoms with E-state index in [1.54, 1.807) is 0 Å². The van der Waals surface area contributed by atoms with Crippen molar-refractivity contribution >= 4 is 18.6 Å². The van der Waals surface area contributed by atoms with Gasteiger partial charge < -0.3 is 4.74 Å². The first-order valence-electron chi connectivity index (χ1n) is 9.62. The fourth-order valence-electron chi connectivity index (χ4n) is 3.80. The molecule has 0 bridgehead atoms. The lowest BCUT2D eigenvalue weighted by atomic mass is 10.1. The minimum absolute atomic E-state index is 0.0187. The number of ether oxygens (including phenoxy) is 1. The lowest BCUT2D eigenvalue weighted by molar-refractivity contribution is -0.0731. The zero-order valence-electron chi connectivity index (χ0n) is 16.1. The number of nitrogens with one attached hydrogen (secondary N) is 1. The maximum Gasteiger partial charge on any atom is 0.475 e. The molecule has 5 rings (SSSR count). The first-order chi connectivity index (χ1) is 14.9. The summed E-state index contributed by atoms with van der Waals surface area (Å²) in [6.07, 6.45) is -1.31. The predicted molar refractivity (Wildman–Crippen MR) is 107 cm³/mol. The summed E-state index contributed by atoms with van der Waals surface area (Å²) in [6.45, 7) is -0.0561. The van der Waals surface area contributed by atoms with Crippen molar-refractivity contribution in [2.45, 2.75) is 31.5 Å². The number of aromatic amines is 1. The molecule has 3 aromatic rings. The van der Waals surface area contributed by atoms with Crippen LogP contribution in [0, 0.1) is 5.82 Å². The zero-order chi connectivity index (χ0) is 21.6. The van der Waals surface area contributed by atoms with Crippen molar-refractivity contribution < 1.29 is 27.3 Å². The number of aromatic nitrogens is 2. The molecule has 2 fully saturated rings. The number of fused-ring (bicyclic) bond motifs is 2. The monoisotopic (exact) mass is 448 g/mol. The van der Waals surface area contributed by atoms with Crippen LogP contribution in [0.5, 0.6) is 0 Å². The molecule has 2 aliphatic heterocycles.